The molecule has 0 aliphatic carbocycles. The second kappa shape index (κ2) is 5.31. The molecule has 1 aromatic heterocycles. The molecule has 2 N–H and O–H groups in total. The fraction of sp³-hybridized carbons (Fsp3) is 0.214. The smallest absolute Gasteiger partial charge is 0.0709 e. The molecule has 0 spiro atoms. The molecule has 0 saturated heterocycles. The molecule has 0 aliphatic heterocycles. The van der Waals surface area contributed by atoms with Gasteiger partial charge in [-0.15, -0.1) is 0 Å². The molecule has 1 heterocycles. The van der Waals surface area contributed by atoms with Crippen LogP contribution in [0.2, 0.25) is 0 Å². The van der Waals surface area contributed by atoms with Gasteiger partial charge in [-0.2, -0.15) is 0 Å². The summed E-state index contributed by atoms with van der Waals surface area (Å²) < 4.78 is 12.3. The number of rotatable bonds is 3. The van der Waals surface area contributed by atoms with Gasteiger partial charge in [-0.1, -0.05) is 12.1 Å². The van der Waals surface area contributed by atoms with E-state index in [1.54, 1.807) is 12.3 Å². The maximum Gasteiger partial charge on any atom is 0.0709 e. The van der Waals surface area contributed by atoms with Crippen molar-refractivity contribution in [3.8, 4) is 0 Å². The van der Waals surface area contributed by atoms with Crippen LogP contribution in [0.4, 0.5) is 5.69 Å². The van der Waals surface area contributed by atoms with Crippen LogP contribution in [-0.4, -0.2) is 9.19 Å². The average Bonchev–Trinajstić information content (AvgIpc) is 2.35. The predicted molar refractivity (Wildman–Crippen MR) is 74.7 cm³/mol. The Morgan fingerprint density at radius 3 is 2.78 bits per heavy atom. The lowest BCUT2D eigenvalue weighted by Crippen LogP contribution is -2.04. The van der Waals surface area contributed by atoms with E-state index in [0.717, 1.165) is 16.8 Å². The maximum atomic E-state index is 12.3. The first-order valence-electron chi connectivity index (χ1n) is 5.73. The number of hydrogen-bond acceptors (Lipinski definition) is 3. The van der Waals surface area contributed by atoms with Crippen molar-refractivity contribution in [2.75, 3.05) is 5.73 Å². The average molecular weight is 260 g/mol. The zero-order valence-electron chi connectivity index (χ0n) is 10.5. The highest BCUT2D eigenvalue weighted by molar-refractivity contribution is 7.84. The van der Waals surface area contributed by atoms with Gasteiger partial charge >= 0.3 is 0 Å². The molecule has 94 valence electrons. The van der Waals surface area contributed by atoms with Crippen LogP contribution in [0.25, 0.3) is 0 Å². The number of aromatic nitrogens is 1. The van der Waals surface area contributed by atoms with Gasteiger partial charge in [0.1, 0.15) is 0 Å². The molecule has 2 rings (SSSR count). The van der Waals surface area contributed by atoms with Crippen LogP contribution in [-0.2, 0) is 16.6 Å². The van der Waals surface area contributed by atoms with Gasteiger partial charge in [0.15, 0.2) is 0 Å². The Labute approximate surface area is 110 Å². The van der Waals surface area contributed by atoms with Crippen LogP contribution < -0.4 is 5.73 Å². The third-order valence-electron chi connectivity index (χ3n) is 2.80. The van der Waals surface area contributed by atoms with Crippen molar-refractivity contribution in [1.82, 2.24) is 4.98 Å². The van der Waals surface area contributed by atoms with Crippen LogP contribution in [0.5, 0.6) is 0 Å². The van der Waals surface area contributed by atoms with Gasteiger partial charge in [0, 0.05) is 11.9 Å². The van der Waals surface area contributed by atoms with Gasteiger partial charge in [0.25, 0.3) is 0 Å². The summed E-state index contributed by atoms with van der Waals surface area (Å²) >= 11 is 0. The van der Waals surface area contributed by atoms with Crippen molar-refractivity contribution in [1.29, 1.82) is 0 Å². The lowest BCUT2D eigenvalue weighted by Gasteiger charge is -2.08. The molecular weight excluding hydrogens is 244 g/mol. The summed E-state index contributed by atoms with van der Waals surface area (Å²) in [6.45, 7) is 3.94. The second-order valence-electron chi connectivity index (χ2n) is 4.30. The van der Waals surface area contributed by atoms with E-state index in [0.29, 0.717) is 16.3 Å². The first-order chi connectivity index (χ1) is 8.58. The van der Waals surface area contributed by atoms with E-state index in [-0.39, 0.29) is 0 Å². The second-order valence-corrected chi connectivity index (χ2v) is 5.72. The molecule has 2 aromatic rings. The predicted octanol–water partition coefficient (Wildman–Crippen LogP) is 2.59. The van der Waals surface area contributed by atoms with E-state index < -0.39 is 10.8 Å². The molecule has 0 amide bonds. The normalized spacial score (nSPS) is 12.3. The fourth-order valence-corrected chi connectivity index (χ4v) is 3.06. The van der Waals surface area contributed by atoms with Crippen LogP contribution in [0.15, 0.2) is 41.4 Å². The minimum absolute atomic E-state index is 0.403. The first-order valence-corrected chi connectivity index (χ1v) is 7.05. The number of nitrogens with zero attached hydrogens (tertiary/aromatic N) is 1. The van der Waals surface area contributed by atoms with Gasteiger partial charge in [0.2, 0.25) is 0 Å². The van der Waals surface area contributed by atoms with E-state index >= 15 is 0 Å². The monoisotopic (exact) mass is 260 g/mol. The van der Waals surface area contributed by atoms with Crippen molar-refractivity contribution >= 4 is 16.5 Å². The van der Waals surface area contributed by atoms with E-state index in [9.17, 15) is 4.21 Å². The molecule has 0 bridgehead atoms. The first kappa shape index (κ1) is 12.8. The Bertz CT molecular complexity index is 596. The van der Waals surface area contributed by atoms with Gasteiger partial charge < -0.3 is 5.73 Å². The SMILES string of the molecule is Cc1ccc(N)c(S(=O)Cc2ncccc2C)c1. The molecule has 18 heavy (non-hydrogen) atoms. The Balaban J connectivity index is 2.28. The Kier molecular flexibility index (Phi) is 3.77. The zero-order valence-corrected chi connectivity index (χ0v) is 11.3. The summed E-state index contributed by atoms with van der Waals surface area (Å²) in [7, 11) is -1.15. The molecule has 0 saturated carbocycles. The highest BCUT2D eigenvalue weighted by Crippen LogP contribution is 2.20. The number of aryl methyl sites for hydroxylation is 2. The lowest BCUT2D eigenvalue weighted by atomic mass is 10.2. The molecule has 1 atom stereocenters. The van der Waals surface area contributed by atoms with E-state index in [4.69, 9.17) is 5.73 Å². The fourth-order valence-electron chi connectivity index (χ4n) is 1.71. The molecule has 0 aliphatic rings. The van der Waals surface area contributed by atoms with Gasteiger partial charge in [-0.05, 0) is 43.2 Å². The van der Waals surface area contributed by atoms with Gasteiger partial charge in [0.05, 0.1) is 27.1 Å². The van der Waals surface area contributed by atoms with Crippen molar-refractivity contribution in [3.63, 3.8) is 0 Å². The lowest BCUT2D eigenvalue weighted by molar-refractivity contribution is 0.682. The van der Waals surface area contributed by atoms with Crippen LogP contribution in [0, 0.1) is 13.8 Å². The van der Waals surface area contributed by atoms with Crippen molar-refractivity contribution in [2.24, 2.45) is 0 Å². The third kappa shape index (κ3) is 2.76. The van der Waals surface area contributed by atoms with Crippen molar-refractivity contribution < 1.29 is 4.21 Å². The molecule has 1 unspecified atom stereocenters. The summed E-state index contributed by atoms with van der Waals surface area (Å²) in [4.78, 5) is 4.96. The van der Waals surface area contributed by atoms with Crippen LogP contribution >= 0.6 is 0 Å². The van der Waals surface area contributed by atoms with Crippen molar-refractivity contribution in [2.45, 2.75) is 24.5 Å². The van der Waals surface area contributed by atoms with E-state index in [2.05, 4.69) is 4.98 Å². The number of anilines is 1. The number of hydrogen-bond donors (Lipinski definition) is 1. The number of nitrogen functional groups attached to an aromatic ring is 1. The minimum atomic E-state index is -1.15. The number of nitrogens with two attached hydrogens (primary N) is 1. The highest BCUT2D eigenvalue weighted by atomic mass is 32.2. The van der Waals surface area contributed by atoms with E-state index in [1.165, 1.54) is 0 Å². The summed E-state index contributed by atoms with van der Waals surface area (Å²) in [5.41, 5.74) is 9.42. The Morgan fingerprint density at radius 1 is 1.28 bits per heavy atom. The Hall–Kier alpha value is -1.68. The standard InChI is InChI=1S/C14H16N2OS/c1-10-5-6-12(15)14(8-10)18(17)9-13-11(2)4-3-7-16-13/h3-8H,9,15H2,1-2H3. The topological polar surface area (TPSA) is 56.0 Å². The maximum absolute atomic E-state index is 12.3. The number of pyridine rings is 1. The number of benzene rings is 1. The van der Waals surface area contributed by atoms with Crippen molar-refractivity contribution in [3.05, 3.63) is 53.3 Å². The zero-order chi connectivity index (χ0) is 13.1. The molecule has 1 aromatic carbocycles. The Morgan fingerprint density at radius 2 is 2.06 bits per heavy atom. The van der Waals surface area contributed by atoms with E-state index in [1.807, 2.05) is 38.1 Å². The molecule has 3 nitrogen and oxygen atoms in total. The van der Waals surface area contributed by atoms with Crippen LogP contribution in [0.3, 0.4) is 0 Å². The summed E-state index contributed by atoms with van der Waals surface area (Å²) in [6.07, 6.45) is 1.72. The van der Waals surface area contributed by atoms with Crippen LogP contribution in [0.1, 0.15) is 16.8 Å². The molecule has 4 heteroatoms. The van der Waals surface area contributed by atoms with Gasteiger partial charge in [-0.25, -0.2) is 0 Å². The largest absolute Gasteiger partial charge is 0.398 e. The molecule has 0 fully saturated rings. The summed E-state index contributed by atoms with van der Waals surface area (Å²) in [5.74, 6) is 0.403. The summed E-state index contributed by atoms with van der Waals surface area (Å²) in [5, 5.41) is 0. The molecule has 0 radical (unpaired) electrons. The minimum Gasteiger partial charge on any atom is -0.398 e. The third-order valence-corrected chi connectivity index (χ3v) is 4.18. The molecular formula is C14H16N2OS. The quantitative estimate of drug-likeness (QED) is 0.863. The highest BCUT2D eigenvalue weighted by Gasteiger charge is 2.11. The summed E-state index contributed by atoms with van der Waals surface area (Å²) in [6, 6.07) is 9.45. The van der Waals surface area contributed by atoms with Gasteiger partial charge in [-0.3, -0.25) is 9.19 Å².